The third kappa shape index (κ3) is 5.38. The van der Waals surface area contributed by atoms with E-state index in [1.54, 1.807) is 6.07 Å². The highest BCUT2D eigenvalue weighted by Crippen LogP contribution is 2.08. The van der Waals surface area contributed by atoms with E-state index in [0.29, 0.717) is 12.8 Å². The van der Waals surface area contributed by atoms with Crippen LogP contribution in [0.3, 0.4) is 0 Å². The van der Waals surface area contributed by atoms with Gasteiger partial charge in [-0.25, -0.2) is 0 Å². The molecule has 2 N–H and O–H groups in total. The van der Waals surface area contributed by atoms with Crippen LogP contribution in [0.2, 0.25) is 0 Å². The minimum absolute atomic E-state index is 0.112. The number of pyridine rings is 1. The number of amides is 1. The highest BCUT2D eigenvalue weighted by molar-refractivity contribution is 5.78. The number of carbonyl (C=O) groups excluding carboxylic acids is 1. The second-order valence-corrected chi connectivity index (χ2v) is 5.76. The minimum Gasteiger partial charge on any atom is -0.619 e. The summed E-state index contributed by atoms with van der Waals surface area (Å²) in [7, 11) is 0. The molecule has 5 heteroatoms. The first kappa shape index (κ1) is 17.0. The van der Waals surface area contributed by atoms with Crippen molar-refractivity contribution in [2.24, 2.45) is 5.92 Å². The number of hydrogen-bond acceptors (Lipinski definition) is 3. The molecule has 2 atom stereocenters. The van der Waals surface area contributed by atoms with Crippen LogP contribution in [0.25, 0.3) is 0 Å². The predicted molar refractivity (Wildman–Crippen MR) is 87.4 cm³/mol. The molecule has 0 aliphatic heterocycles. The van der Waals surface area contributed by atoms with Gasteiger partial charge in [0, 0.05) is 17.5 Å². The Morgan fingerprint density at radius 1 is 1.17 bits per heavy atom. The fourth-order valence-electron chi connectivity index (χ4n) is 2.47. The van der Waals surface area contributed by atoms with Crippen LogP contribution in [-0.2, 0) is 17.6 Å². The predicted octanol–water partition coefficient (Wildman–Crippen LogP) is 1.22. The number of aliphatic hydroxyl groups is 1. The van der Waals surface area contributed by atoms with Crippen LogP contribution in [-0.4, -0.2) is 23.7 Å². The molecule has 0 aliphatic rings. The van der Waals surface area contributed by atoms with Crippen LogP contribution in [0.1, 0.15) is 18.1 Å². The van der Waals surface area contributed by atoms with E-state index in [1.807, 2.05) is 43.3 Å². The fraction of sp³-hybridized carbons (Fsp3) is 0.333. The number of benzene rings is 1. The summed E-state index contributed by atoms with van der Waals surface area (Å²) in [4.78, 5) is 12.3. The molecule has 1 aromatic carbocycles. The minimum atomic E-state index is -0.312. The largest absolute Gasteiger partial charge is 0.619 e. The number of aromatic nitrogens is 1. The average molecular weight is 314 g/mol. The molecule has 2 rings (SSSR count). The Hall–Kier alpha value is -2.40. The second kappa shape index (κ2) is 8.29. The Morgan fingerprint density at radius 3 is 2.52 bits per heavy atom. The zero-order valence-corrected chi connectivity index (χ0v) is 13.2. The summed E-state index contributed by atoms with van der Waals surface area (Å²) in [6, 6.07) is 12.9. The van der Waals surface area contributed by atoms with Gasteiger partial charge in [0.05, 0.1) is 12.6 Å². The number of nitrogens with one attached hydrogen (secondary N) is 1. The zero-order chi connectivity index (χ0) is 16.7. The molecule has 1 aromatic heterocycles. The van der Waals surface area contributed by atoms with Crippen molar-refractivity contribution in [3.05, 3.63) is 71.2 Å². The highest BCUT2D eigenvalue weighted by Gasteiger charge is 2.18. The maximum Gasteiger partial charge on any atom is 0.223 e. The third-order valence-corrected chi connectivity index (χ3v) is 3.72. The van der Waals surface area contributed by atoms with E-state index in [1.165, 1.54) is 12.4 Å². The quantitative estimate of drug-likeness (QED) is 0.596. The third-order valence-electron chi connectivity index (χ3n) is 3.72. The van der Waals surface area contributed by atoms with Gasteiger partial charge in [0.15, 0.2) is 12.4 Å². The molecular formula is C18H22N2O3. The van der Waals surface area contributed by atoms with Crippen molar-refractivity contribution in [2.45, 2.75) is 25.8 Å². The van der Waals surface area contributed by atoms with E-state index in [9.17, 15) is 15.1 Å². The van der Waals surface area contributed by atoms with Crippen molar-refractivity contribution in [3.63, 3.8) is 0 Å². The van der Waals surface area contributed by atoms with Crippen LogP contribution in [0.15, 0.2) is 54.9 Å². The molecule has 23 heavy (non-hydrogen) atoms. The van der Waals surface area contributed by atoms with Crippen LogP contribution in [0.4, 0.5) is 0 Å². The molecule has 0 fully saturated rings. The molecule has 5 nitrogen and oxygen atoms in total. The lowest BCUT2D eigenvalue weighted by atomic mass is 10.0. The van der Waals surface area contributed by atoms with E-state index < -0.39 is 0 Å². The number of aliphatic hydroxyl groups excluding tert-OH is 1. The van der Waals surface area contributed by atoms with Crippen LogP contribution in [0.5, 0.6) is 0 Å². The maximum atomic E-state index is 12.3. The lowest BCUT2D eigenvalue weighted by Crippen LogP contribution is -2.42. The van der Waals surface area contributed by atoms with Gasteiger partial charge in [0.2, 0.25) is 5.91 Å². The monoisotopic (exact) mass is 314 g/mol. The van der Waals surface area contributed by atoms with Gasteiger partial charge in [0.25, 0.3) is 0 Å². The topological polar surface area (TPSA) is 76.3 Å². The molecular weight excluding hydrogens is 292 g/mol. The molecule has 1 amide bonds. The van der Waals surface area contributed by atoms with E-state index in [-0.39, 0.29) is 24.5 Å². The molecule has 2 unspecified atom stereocenters. The molecule has 1 heterocycles. The van der Waals surface area contributed by atoms with Gasteiger partial charge >= 0.3 is 0 Å². The summed E-state index contributed by atoms with van der Waals surface area (Å²) < 4.78 is 0.728. The Labute approximate surface area is 136 Å². The fourth-order valence-corrected chi connectivity index (χ4v) is 2.47. The van der Waals surface area contributed by atoms with E-state index >= 15 is 0 Å². The zero-order valence-electron chi connectivity index (χ0n) is 13.2. The Morgan fingerprint density at radius 2 is 1.87 bits per heavy atom. The lowest BCUT2D eigenvalue weighted by molar-refractivity contribution is -0.605. The molecule has 0 bridgehead atoms. The average Bonchev–Trinajstić information content (AvgIpc) is 2.55. The van der Waals surface area contributed by atoms with Crippen LogP contribution >= 0.6 is 0 Å². The van der Waals surface area contributed by atoms with Gasteiger partial charge in [0.1, 0.15) is 0 Å². The molecule has 0 radical (unpaired) electrons. The van der Waals surface area contributed by atoms with E-state index in [4.69, 9.17) is 0 Å². The summed E-state index contributed by atoms with van der Waals surface area (Å²) >= 11 is 0. The Balaban J connectivity index is 1.90. The van der Waals surface area contributed by atoms with Crippen molar-refractivity contribution in [2.75, 3.05) is 6.61 Å². The number of hydrogen-bond donors (Lipinski definition) is 2. The standard InChI is InChI=1S/C18H22N2O3/c1-14(10-16-8-5-9-20(23)12-16)18(22)19-17(13-21)11-15-6-3-2-4-7-15/h2-9,12,14,17,21H,10-11,13H2,1H3,(H,19,22). The van der Waals surface area contributed by atoms with Gasteiger partial charge in [-0.05, 0) is 24.5 Å². The van der Waals surface area contributed by atoms with Gasteiger partial charge in [-0.15, -0.1) is 0 Å². The van der Waals surface area contributed by atoms with E-state index in [0.717, 1.165) is 15.9 Å². The number of carbonyl (C=O) groups is 1. The molecule has 0 aliphatic carbocycles. The normalized spacial score (nSPS) is 13.3. The molecule has 0 saturated carbocycles. The summed E-state index contributed by atoms with van der Waals surface area (Å²) in [5.74, 6) is -0.400. The lowest BCUT2D eigenvalue weighted by Gasteiger charge is -2.19. The SMILES string of the molecule is CC(Cc1ccc[n+]([O-])c1)C(=O)NC(CO)Cc1ccccc1. The molecule has 0 spiro atoms. The second-order valence-electron chi connectivity index (χ2n) is 5.76. The first-order valence-electron chi connectivity index (χ1n) is 7.71. The Bertz CT molecular complexity index is 631. The van der Waals surface area contributed by atoms with Gasteiger partial charge in [-0.1, -0.05) is 37.3 Å². The van der Waals surface area contributed by atoms with Crippen molar-refractivity contribution < 1.29 is 14.6 Å². The summed E-state index contributed by atoms with van der Waals surface area (Å²) in [5, 5.41) is 23.6. The van der Waals surface area contributed by atoms with Gasteiger partial charge in [-0.3, -0.25) is 4.79 Å². The van der Waals surface area contributed by atoms with Gasteiger partial charge < -0.3 is 15.6 Å². The Kier molecular flexibility index (Phi) is 6.11. The molecule has 2 aromatic rings. The van der Waals surface area contributed by atoms with E-state index in [2.05, 4.69) is 5.32 Å². The van der Waals surface area contributed by atoms with Crippen LogP contribution < -0.4 is 10.0 Å². The number of rotatable bonds is 7. The molecule has 0 saturated heterocycles. The van der Waals surface area contributed by atoms with Crippen LogP contribution in [0, 0.1) is 11.1 Å². The first-order chi connectivity index (χ1) is 11.1. The van der Waals surface area contributed by atoms with Crippen molar-refractivity contribution in [1.82, 2.24) is 5.32 Å². The maximum absolute atomic E-state index is 12.3. The summed E-state index contributed by atoms with van der Waals surface area (Å²) in [6.07, 6.45) is 3.95. The van der Waals surface area contributed by atoms with Crippen molar-refractivity contribution >= 4 is 5.91 Å². The van der Waals surface area contributed by atoms with Crippen molar-refractivity contribution in [3.8, 4) is 0 Å². The number of nitrogens with zero attached hydrogens (tertiary/aromatic N) is 1. The smallest absolute Gasteiger partial charge is 0.223 e. The first-order valence-corrected chi connectivity index (χ1v) is 7.71. The van der Waals surface area contributed by atoms with Crippen molar-refractivity contribution in [1.29, 1.82) is 0 Å². The molecule has 122 valence electrons. The highest BCUT2D eigenvalue weighted by atomic mass is 16.5. The van der Waals surface area contributed by atoms with Gasteiger partial charge in [-0.2, -0.15) is 4.73 Å². The summed E-state index contributed by atoms with van der Waals surface area (Å²) in [6.45, 7) is 1.70. The summed E-state index contributed by atoms with van der Waals surface area (Å²) in [5.41, 5.74) is 1.88.